The van der Waals surface area contributed by atoms with Crippen LogP contribution in [0.2, 0.25) is 10.0 Å². The average molecular weight is 495 g/mol. The average Bonchev–Trinajstić information content (AvgIpc) is 2.76. The van der Waals surface area contributed by atoms with Crippen LogP contribution in [0.3, 0.4) is 0 Å². The summed E-state index contributed by atoms with van der Waals surface area (Å²) < 4.78 is 5.39. The highest BCUT2D eigenvalue weighted by molar-refractivity contribution is 6.35. The number of urea groups is 1. The molecule has 0 aromatic heterocycles. The van der Waals surface area contributed by atoms with Gasteiger partial charge in [0, 0.05) is 61.9 Å². The number of amides is 3. The van der Waals surface area contributed by atoms with Crippen LogP contribution in [0.5, 0.6) is 0 Å². The molecular formula is C23H28Cl2N4O4. The molecule has 3 rings (SSSR count). The molecule has 1 atom stereocenters. The molecule has 1 unspecified atom stereocenters. The number of nitrogens with zero attached hydrogens (tertiary/aromatic N) is 3. The van der Waals surface area contributed by atoms with Crippen molar-refractivity contribution in [2.75, 3.05) is 45.9 Å². The van der Waals surface area contributed by atoms with Crippen molar-refractivity contribution in [3.05, 3.63) is 57.7 Å². The summed E-state index contributed by atoms with van der Waals surface area (Å²) in [6, 6.07) is 3.77. The molecule has 1 aromatic rings. The lowest BCUT2D eigenvalue weighted by molar-refractivity contribution is -0.139. The van der Waals surface area contributed by atoms with Crippen LogP contribution in [0.25, 0.3) is 0 Å². The second-order valence-electron chi connectivity index (χ2n) is 7.81. The number of hydrogen-bond donors (Lipinski definition) is 1. The number of hydrogen-bond acceptors (Lipinski definition) is 5. The zero-order valence-corrected chi connectivity index (χ0v) is 20.3. The highest BCUT2D eigenvalue weighted by atomic mass is 35.5. The maximum Gasteiger partial charge on any atom is 0.338 e. The fourth-order valence-electron chi connectivity index (χ4n) is 4.05. The first-order chi connectivity index (χ1) is 15.8. The van der Waals surface area contributed by atoms with Gasteiger partial charge in [-0.3, -0.25) is 14.6 Å². The number of piperazine rings is 1. The van der Waals surface area contributed by atoms with E-state index < -0.39 is 12.0 Å². The molecule has 1 fully saturated rings. The number of carbonyl (C=O) groups is 3. The number of carbonyl (C=O) groups excluding carboxylic acids is 3. The molecule has 0 saturated carbocycles. The highest BCUT2D eigenvalue weighted by Gasteiger charge is 2.39. The predicted molar refractivity (Wildman–Crippen MR) is 127 cm³/mol. The summed E-state index contributed by atoms with van der Waals surface area (Å²) in [5, 5.41) is 3.67. The van der Waals surface area contributed by atoms with Crippen LogP contribution in [0.4, 0.5) is 4.79 Å². The van der Waals surface area contributed by atoms with Gasteiger partial charge in [-0.25, -0.2) is 9.59 Å². The highest BCUT2D eigenvalue weighted by Crippen LogP contribution is 2.36. The van der Waals surface area contributed by atoms with E-state index in [0.717, 1.165) is 0 Å². The third-order valence-corrected chi connectivity index (χ3v) is 6.27. The van der Waals surface area contributed by atoms with Gasteiger partial charge in [0.25, 0.3) is 0 Å². The zero-order chi connectivity index (χ0) is 24.1. The fourth-order valence-corrected chi connectivity index (χ4v) is 4.56. The van der Waals surface area contributed by atoms with Crippen molar-refractivity contribution in [1.29, 1.82) is 0 Å². The van der Waals surface area contributed by atoms with Gasteiger partial charge in [-0.2, -0.15) is 0 Å². The number of nitrogens with one attached hydrogen (secondary N) is 1. The molecule has 178 valence electrons. The Morgan fingerprint density at radius 1 is 1.24 bits per heavy atom. The molecule has 33 heavy (non-hydrogen) atoms. The standard InChI is InChI=1S/C23H28Cl2N4O4/c1-4-8-29-19(14-27-9-11-28(12-10-27)15(3)30)20(22(31)33-5-2)21(26-23(29)32)17-7-6-16(24)13-18(17)25/h4,6-7,13,21H,1,5,8-12,14H2,2-3H3,(H,26,32). The second kappa shape index (κ2) is 11.0. The number of rotatable bonds is 7. The zero-order valence-electron chi connectivity index (χ0n) is 18.8. The van der Waals surface area contributed by atoms with Gasteiger partial charge in [-0.1, -0.05) is 35.3 Å². The van der Waals surface area contributed by atoms with Crippen molar-refractivity contribution in [2.45, 2.75) is 19.9 Å². The van der Waals surface area contributed by atoms with Gasteiger partial charge in [0.05, 0.1) is 18.2 Å². The van der Waals surface area contributed by atoms with Crippen LogP contribution in [0.15, 0.2) is 42.1 Å². The molecule has 1 aromatic carbocycles. The predicted octanol–water partition coefficient (Wildman–Crippen LogP) is 3.23. The van der Waals surface area contributed by atoms with Crippen LogP contribution in [-0.2, 0) is 14.3 Å². The van der Waals surface area contributed by atoms with E-state index in [1.807, 2.05) is 0 Å². The Balaban J connectivity index is 2.06. The normalized spacial score (nSPS) is 19.4. The van der Waals surface area contributed by atoms with Crippen LogP contribution in [-0.4, -0.2) is 78.5 Å². The molecule has 0 radical (unpaired) electrons. The largest absolute Gasteiger partial charge is 0.463 e. The summed E-state index contributed by atoms with van der Waals surface area (Å²) in [5.41, 5.74) is 1.40. The van der Waals surface area contributed by atoms with Gasteiger partial charge in [0.2, 0.25) is 5.91 Å². The maximum atomic E-state index is 13.2. The van der Waals surface area contributed by atoms with Crippen molar-refractivity contribution < 1.29 is 19.1 Å². The number of benzene rings is 1. The van der Waals surface area contributed by atoms with E-state index in [4.69, 9.17) is 27.9 Å². The summed E-state index contributed by atoms with van der Waals surface area (Å²) in [6.45, 7) is 10.2. The van der Waals surface area contributed by atoms with Gasteiger partial charge in [-0.05, 0) is 24.6 Å². The Bertz CT molecular complexity index is 973. The smallest absolute Gasteiger partial charge is 0.338 e. The number of esters is 1. The van der Waals surface area contributed by atoms with Crippen LogP contribution in [0, 0.1) is 0 Å². The summed E-state index contributed by atoms with van der Waals surface area (Å²) in [5.74, 6) is -0.496. The first-order valence-corrected chi connectivity index (χ1v) is 11.5. The van der Waals surface area contributed by atoms with Crippen molar-refractivity contribution in [1.82, 2.24) is 20.0 Å². The van der Waals surface area contributed by atoms with Crippen molar-refractivity contribution in [3.8, 4) is 0 Å². The van der Waals surface area contributed by atoms with Gasteiger partial charge in [-0.15, -0.1) is 6.58 Å². The first-order valence-electron chi connectivity index (χ1n) is 10.8. The maximum absolute atomic E-state index is 13.2. The van der Waals surface area contributed by atoms with E-state index in [9.17, 15) is 14.4 Å². The van der Waals surface area contributed by atoms with E-state index in [2.05, 4.69) is 16.8 Å². The molecule has 3 amide bonds. The second-order valence-corrected chi connectivity index (χ2v) is 8.65. The van der Waals surface area contributed by atoms with E-state index in [1.54, 1.807) is 43.0 Å². The molecule has 2 aliphatic heterocycles. The Morgan fingerprint density at radius 3 is 2.52 bits per heavy atom. The SMILES string of the molecule is C=CCN1C(=O)NC(c2ccc(Cl)cc2Cl)C(C(=O)OCC)=C1CN1CCN(C(C)=O)CC1. The van der Waals surface area contributed by atoms with Crippen LogP contribution in [0.1, 0.15) is 25.5 Å². The molecule has 2 aliphatic rings. The van der Waals surface area contributed by atoms with Crippen LogP contribution < -0.4 is 5.32 Å². The Morgan fingerprint density at radius 2 is 1.94 bits per heavy atom. The minimum absolute atomic E-state index is 0.0313. The van der Waals surface area contributed by atoms with E-state index >= 15 is 0 Å². The van der Waals surface area contributed by atoms with E-state index in [1.165, 1.54) is 4.90 Å². The molecular weight excluding hydrogens is 467 g/mol. The molecule has 10 heteroatoms. The minimum atomic E-state index is -0.795. The summed E-state index contributed by atoms with van der Waals surface area (Å²) in [6.07, 6.45) is 1.60. The summed E-state index contributed by atoms with van der Waals surface area (Å²) in [4.78, 5) is 43.4. The minimum Gasteiger partial charge on any atom is -0.463 e. The quantitative estimate of drug-likeness (QED) is 0.464. The molecule has 1 N–H and O–H groups in total. The lowest BCUT2D eigenvalue weighted by Crippen LogP contribution is -2.53. The van der Waals surface area contributed by atoms with Crippen molar-refractivity contribution in [2.24, 2.45) is 0 Å². The molecule has 0 aliphatic carbocycles. The molecule has 8 nitrogen and oxygen atoms in total. The molecule has 1 saturated heterocycles. The summed E-state index contributed by atoms with van der Waals surface area (Å²) in [7, 11) is 0. The third-order valence-electron chi connectivity index (χ3n) is 5.71. The molecule has 0 bridgehead atoms. The Hall–Kier alpha value is -2.55. The van der Waals surface area contributed by atoms with Gasteiger partial charge < -0.3 is 15.0 Å². The van der Waals surface area contributed by atoms with Gasteiger partial charge in [0.15, 0.2) is 0 Å². The van der Waals surface area contributed by atoms with E-state index in [-0.39, 0.29) is 25.1 Å². The number of halogens is 2. The fraction of sp³-hybridized carbons (Fsp3) is 0.435. The first kappa shape index (κ1) is 25.1. The topological polar surface area (TPSA) is 82.2 Å². The van der Waals surface area contributed by atoms with Gasteiger partial charge in [0.1, 0.15) is 0 Å². The lowest BCUT2D eigenvalue weighted by Gasteiger charge is -2.40. The third kappa shape index (κ3) is 5.69. The number of ether oxygens (including phenoxy) is 1. The Labute approximate surface area is 203 Å². The Kier molecular flexibility index (Phi) is 8.40. The molecule has 0 spiro atoms. The van der Waals surface area contributed by atoms with Crippen molar-refractivity contribution in [3.63, 3.8) is 0 Å². The lowest BCUT2D eigenvalue weighted by atomic mass is 9.94. The molecule has 2 heterocycles. The monoisotopic (exact) mass is 494 g/mol. The van der Waals surface area contributed by atoms with Crippen molar-refractivity contribution >= 4 is 41.1 Å². The van der Waals surface area contributed by atoms with E-state index in [0.29, 0.717) is 59.6 Å². The van der Waals surface area contributed by atoms with Crippen LogP contribution >= 0.6 is 23.2 Å². The van der Waals surface area contributed by atoms with Gasteiger partial charge >= 0.3 is 12.0 Å². The summed E-state index contributed by atoms with van der Waals surface area (Å²) >= 11 is 12.5.